The molecule has 1 fully saturated rings. The van der Waals surface area contributed by atoms with Gasteiger partial charge in [0.05, 0.1) is 24.2 Å². The second kappa shape index (κ2) is 13.3. The zero-order valence-electron chi connectivity index (χ0n) is 14.3. The van der Waals surface area contributed by atoms with Gasteiger partial charge in [-0.25, -0.2) is 0 Å². The number of hydrogen-bond donors (Lipinski definition) is 5. The zero-order chi connectivity index (χ0) is 19.2. The molecule has 25 heavy (non-hydrogen) atoms. The van der Waals surface area contributed by atoms with Gasteiger partial charge < -0.3 is 31.1 Å². The number of carboxylic acids is 1. The number of nitriles is 1. The number of ether oxygens (including phenoxy) is 1. The van der Waals surface area contributed by atoms with Crippen molar-refractivity contribution in [2.75, 3.05) is 26.3 Å². The van der Waals surface area contributed by atoms with Crippen LogP contribution in [0, 0.1) is 23.2 Å². The fourth-order valence-corrected chi connectivity index (χ4v) is 2.41. The van der Waals surface area contributed by atoms with Gasteiger partial charge in [0, 0.05) is 26.7 Å². The number of carbonyl (C=O) groups is 2. The lowest BCUT2D eigenvalue weighted by Crippen LogP contribution is -2.42. The highest BCUT2D eigenvalue weighted by atomic mass is 16.5. The van der Waals surface area contributed by atoms with Crippen LogP contribution in [-0.4, -0.2) is 65.7 Å². The molecule has 2 rings (SSSR count). The van der Waals surface area contributed by atoms with E-state index >= 15 is 0 Å². The van der Waals surface area contributed by atoms with Crippen LogP contribution in [-0.2, 0) is 14.3 Å². The van der Waals surface area contributed by atoms with E-state index in [0.717, 1.165) is 6.42 Å². The molecule has 0 aromatic heterocycles. The summed E-state index contributed by atoms with van der Waals surface area (Å²) in [6.07, 6.45) is 3.68. The topological polar surface area (TPSA) is 166 Å². The number of amides is 1. The highest BCUT2D eigenvalue weighted by molar-refractivity contribution is 5.87. The van der Waals surface area contributed by atoms with Crippen molar-refractivity contribution < 1.29 is 29.6 Å². The molecule has 9 nitrogen and oxygen atoms in total. The molecule has 0 aromatic rings. The normalized spacial score (nSPS) is 25.1. The van der Waals surface area contributed by atoms with Gasteiger partial charge in [0.25, 0.3) is 0 Å². The SMILES string of the molecule is CC#N.NCCCO.O=C(O)C1C2C=C[C@@H](O2)C1C(=O)NCCCO. The van der Waals surface area contributed by atoms with Crippen LogP contribution in [0.1, 0.15) is 19.8 Å². The predicted molar refractivity (Wildman–Crippen MR) is 89.2 cm³/mol. The average Bonchev–Trinajstić information content (AvgIpc) is 3.18. The fourth-order valence-electron chi connectivity index (χ4n) is 2.41. The minimum Gasteiger partial charge on any atom is -0.481 e. The van der Waals surface area contributed by atoms with Crippen LogP contribution in [0.4, 0.5) is 0 Å². The smallest absolute Gasteiger partial charge is 0.310 e. The summed E-state index contributed by atoms with van der Waals surface area (Å²) in [5, 5.41) is 35.6. The van der Waals surface area contributed by atoms with E-state index in [9.17, 15) is 9.59 Å². The Morgan fingerprint density at radius 3 is 2.12 bits per heavy atom. The van der Waals surface area contributed by atoms with Gasteiger partial charge in [0.2, 0.25) is 5.91 Å². The molecule has 2 aliphatic rings. The summed E-state index contributed by atoms with van der Waals surface area (Å²) in [5.41, 5.74) is 4.98. The third-order valence-corrected chi connectivity index (χ3v) is 3.48. The molecule has 6 N–H and O–H groups in total. The number of nitrogens with zero attached hydrogens (tertiary/aromatic N) is 1. The largest absolute Gasteiger partial charge is 0.481 e. The number of aliphatic carboxylic acids is 1. The molecule has 0 spiro atoms. The standard InChI is InChI=1S/C11H15NO5.C3H9NO.C2H3N/c13-5-1-4-12-10(14)8-6-2-3-7(17-6)9(8)11(15)16;4-2-1-3-5;1-2-3/h2-3,6-9,13H,1,4-5H2,(H,12,14)(H,15,16);5H,1-4H2;1H3/t6-,7?,8?,9?;;/m1../s1. The summed E-state index contributed by atoms with van der Waals surface area (Å²) >= 11 is 0. The van der Waals surface area contributed by atoms with E-state index in [2.05, 4.69) is 5.32 Å². The van der Waals surface area contributed by atoms with Crippen LogP contribution in [0.15, 0.2) is 12.2 Å². The number of aliphatic hydroxyl groups is 2. The first kappa shape index (κ1) is 23.0. The third-order valence-electron chi connectivity index (χ3n) is 3.48. The fraction of sp³-hybridized carbons (Fsp3) is 0.688. The molecule has 0 saturated carbocycles. The maximum atomic E-state index is 11.9. The number of rotatable bonds is 7. The van der Waals surface area contributed by atoms with Gasteiger partial charge in [-0.15, -0.1) is 0 Å². The van der Waals surface area contributed by atoms with Gasteiger partial charge >= 0.3 is 5.97 Å². The molecule has 0 radical (unpaired) electrons. The molecule has 0 aliphatic carbocycles. The molecule has 2 bridgehead atoms. The minimum atomic E-state index is -1.01. The van der Waals surface area contributed by atoms with E-state index < -0.39 is 30.0 Å². The van der Waals surface area contributed by atoms with E-state index in [1.165, 1.54) is 6.92 Å². The van der Waals surface area contributed by atoms with Crippen LogP contribution in [0.2, 0.25) is 0 Å². The first-order valence-corrected chi connectivity index (χ1v) is 8.05. The maximum absolute atomic E-state index is 11.9. The number of carbonyl (C=O) groups excluding carboxylic acids is 1. The van der Waals surface area contributed by atoms with Crippen molar-refractivity contribution in [3.63, 3.8) is 0 Å². The number of nitrogens with one attached hydrogen (secondary N) is 1. The zero-order valence-corrected chi connectivity index (χ0v) is 14.3. The summed E-state index contributed by atoms with van der Waals surface area (Å²) in [5.74, 6) is -2.80. The molecular weight excluding hydrogens is 330 g/mol. The van der Waals surface area contributed by atoms with E-state index in [0.29, 0.717) is 19.5 Å². The van der Waals surface area contributed by atoms with Crippen LogP contribution < -0.4 is 11.1 Å². The van der Waals surface area contributed by atoms with Crippen LogP contribution >= 0.6 is 0 Å². The summed E-state index contributed by atoms with van der Waals surface area (Å²) in [7, 11) is 0. The van der Waals surface area contributed by atoms with Crippen molar-refractivity contribution in [1.82, 2.24) is 5.32 Å². The van der Waals surface area contributed by atoms with Crippen LogP contribution in [0.5, 0.6) is 0 Å². The molecule has 142 valence electrons. The van der Waals surface area contributed by atoms with Crippen molar-refractivity contribution in [2.24, 2.45) is 17.6 Å². The van der Waals surface area contributed by atoms with Gasteiger partial charge in [-0.1, -0.05) is 12.2 Å². The highest BCUT2D eigenvalue weighted by Gasteiger charge is 2.52. The Hall–Kier alpha value is -1.99. The molecular formula is C16H27N3O6. The van der Waals surface area contributed by atoms with E-state index in [-0.39, 0.29) is 19.1 Å². The Balaban J connectivity index is 0.000000610. The molecule has 4 atom stereocenters. The maximum Gasteiger partial charge on any atom is 0.310 e. The lowest BCUT2D eigenvalue weighted by Gasteiger charge is -2.20. The van der Waals surface area contributed by atoms with Gasteiger partial charge in [-0.3, -0.25) is 9.59 Å². The number of carboxylic acid groups (broad SMARTS) is 1. The van der Waals surface area contributed by atoms with Crippen LogP contribution in [0.3, 0.4) is 0 Å². The number of nitrogens with two attached hydrogens (primary N) is 1. The van der Waals surface area contributed by atoms with Gasteiger partial charge in [0.1, 0.15) is 5.92 Å². The lowest BCUT2D eigenvalue weighted by molar-refractivity contribution is -0.146. The lowest BCUT2D eigenvalue weighted by atomic mass is 9.82. The predicted octanol–water partition coefficient (Wildman–Crippen LogP) is -1.00. The molecule has 3 unspecified atom stereocenters. The molecule has 1 amide bonds. The monoisotopic (exact) mass is 357 g/mol. The third kappa shape index (κ3) is 7.62. The summed E-state index contributed by atoms with van der Waals surface area (Å²) in [4.78, 5) is 23.0. The summed E-state index contributed by atoms with van der Waals surface area (Å²) in [6, 6.07) is 1.75. The highest BCUT2D eigenvalue weighted by Crippen LogP contribution is 2.39. The van der Waals surface area contributed by atoms with Crippen molar-refractivity contribution in [3.8, 4) is 6.07 Å². The Morgan fingerprint density at radius 2 is 1.72 bits per heavy atom. The molecule has 0 aromatic carbocycles. The van der Waals surface area contributed by atoms with Crippen molar-refractivity contribution in [1.29, 1.82) is 5.26 Å². The van der Waals surface area contributed by atoms with E-state index in [1.807, 2.05) is 0 Å². The van der Waals surface area contributed by atoms with Crippen LogP contribution in [0.25, 0.3) is 0 Å². The molecule has 1 saturated heterocycles. The minimum absolute atomic E-state index is 0.00420. The summed E-state index contributed by atoms with van der Waals surface area (Å²) < 4.78 is 5.38. The first-order valence-electron chi connectivity index (χ1n) is 8.05. The van der Waals surface area contributed by atoms with Gasteiger partial charge in [-0.05, 0) is 19.4 Å². The molecule has 2 aliphatic heterocycles. The number of aliphatic hydroxyl groups excluding tert-OH is 2. The quantitative estimate of drug-likeness (QED) is 0.286. The van der Waals surface area contributed by atoms with Crippen molar-refractivity contribution in [2.45, 2.75) is 32.0 Å². The van der Waals surface area contributed by atoms with E-state index in [4.69, 9.17) is 31.1 Å². The Morgan fingerprint density at radius 1 is 1.20 bits per heavy atom. The van der Waals surface area contributed by atoms with E-state index in [1.54, 1.807) is 18.2 Å². The average molecular weight is 357 g/mol. The Labute approximate surface area is 147 Å². The van der Waals surface area contributed by atoms with Crippen molar-refractivity contribution in [3.05, 3.63) is 12.2 Å². The van der Waals surface area contributed by atoms with Gasteiger partial charge in [-0.2, -0.15) is 5.26 Å². The van der Waals surface area contributed by atoms with Crippen molar-refractivity contribution >= 4 is 11.9 Å². The number of hydrogen-bond acceptors (Lipinski definition) is 7. The first-order chi connectivity index (χ1) is 12.0. The Kier molecular flexibility index (Phi) is 12.3. The second-order valence-corrected chi connectivity index (χ2v) is 5.30. The Bertz CT molecular complexity index is 475. The summed E-state index contributed by atoms with van der Waals surface area (Å²) in [6.45, 7) is 2.59. The molecule has 2 heterocycles. The molecule has 9 heteroatoms. The van der Waals surface area contributed by atoms with Gasteiger partial charge in [0.15, 0.2) is 0 Å². The second-order valence-electron chi connectivity index (χ2n) is 5.30. The number of fused-ring (bicyclic) bond motifs is 2.